The molecule has 1 unspecified atom stereocenters. The molecule has 0 heterocycles. The summed E-state index contributed by atoms with van der Waals surface area (Å²) in [5.74, 6) is 1.02. The van der Waals surface area contributed by atoms with Gasteiger partial charge in [0.25, 0.3) is 0 Å². The SMILES string of the molecule is CCCCC([CH]c1ccc(O)cc1)CC. The molecule has 1 rings (SSSR count). The molecule has 0 aliphatic carbocycles. The van der Waals surface area contributed by atoms with E-state index in [0.29, 0.717) is 11.7 Å². The summed E-state index contributed by atoms with van der Waals surface area (Å²) < 4.78 is 0. The number of unbranched alkanes of at least 4 members (excludes halogenated alkanes) is 1. The molecule has 0 amide bonds. The van der Waals surface area contributed by atoms with Gasteiger partial charge < -0.3 is 5.11 Å². The molecule has 1 aromatic carbocycles. The third kappa shape index (κ3) is 4.37. The third-order valence-electron chi connectivity index (χ3n) is 2.77. The van der Waals surface area contributed by atoms with Crippen LogP contribution < -0.4 is 0 Å². The lowest BCUT2D eigenvalue weighted by atomic mass is 9.92. The zero-order chi connectivity index (χ0) is 11.1. The van der Waals surface area contributed by atoms with E-state index in [4.69, 9.17) is 0 Å². The monoisotopic (exact) mass is 205 g/mol. The fraction of sp³-hybridized carbons (Fsp3) is 0.500. The van der Waals surface area contributed by atoms with Crippen LogP contribution in [0.1, 0.15) is 45.1 Å². The molecule has 0 fully saturated rings. The van der Waals surface area contributed by atoms with Crippen LogP contribution in [0.2, 0.25) is 0 Å². The molecular weight excluding hydrogens is 184 g/mol. The molecule has 15 heavy (non-hydrogen) atoms. The van der Waals surface area contributed by atoms with Crippen LogP contribution in [0.4, 0.5) is 0 Å². The molecule has 1 N–H and O–H groups in total. The summed E-state index contributed by atoms with van der Waals surface area (Å²) in [6.45, 7) is 4.46. The first-order valence-corrected chi connectivity index (χ1v) is 5.90. The highest BCUT2D eigenvalue weighted by Crippen LogP contribution is 2.21. The van der Waals surface area contributed by atoms with Gasteiger partial charge in [-0.3, -0.25) is 0 Å². The van der Waals surface area contributed by atoms with Crippen molar-refractivity contribution < 1.29 is 5.11 Å². The highest BCUT2D eigenvalue weighted by Gasteiger charge is 2.07. The topological polar surface area (TPSA) is 20.2 Å². The fourth-order valence-corrected chi connectivity index (χ4v) is 1.73. The van der Waals surface area contributed by atoms with Crippen LogP contribution in [0.15, 0.2) is 24.3 Å². The summed E-state index contributed by atoms with van der Waals surface area (Å²) >= 11 is 0. The summed E-state index contributed by atoms with van der Waals surface area (Å²) in [5.41, 5.74) is 1.22. The Kier molecular flexibility index (Phi) is 5.23. The molecule has 83 valence electrons. The van der Waals surface area contributed by atoms with Gasteiger partial charge in [-0.15, -0.1) is 0 Å². The zero-order valence-electron chi connectivity index (χ0n) is 9.74. The van der Waals surface area contributed by atoms with E-state index >= 15 is 0 Å². The molecule has 1 nitrogen and oxygen atoms in total. The van der Waals surface area contributed by atoms with Crippen LogP contribution in [0.5, 0.6) is 5.75 Å². The first-order chi connectivity index (χ1) is 7.26. The average molecular weight is 205 g/mol. The van der Waals surface area contributed by atoms with Crippen LogP contribution >= 0.6 is 0 Å². The van der Waals surface area contributed by atoms with Crippen molar-refractivity contribution in [3.05, 3.63) is 36.2 Å². The lowest BCUT2D eigenvalue weighted by Crippen LogP contribution is -2.00. The first-order valence-electron chi connectivity index (χ1n) is 5.90. The number of aromatic hydroxyl groups is 1. The van der Waals surface area contributed by atoms with Gasteiger partial charge in [-0.25, -0.2) is 0 Å². The molecule has 0 bridgehead atoms. The van der Waals surface area contributed by atoms with Gasteiger partial charge in [0, 0.05) is 0 Å². The predicted octanol–water partition coefficient (Wildman–Crippen LogP) is 4.16. The van der Waals surface area contributed by atoms with E-state index in [2.05, 4.69) is 20.3 Å². The van der Waals surface area contributed by atoms with Crippen molar-refractivity contribution in [1.82, 2.24) is 0 Å². The van der Waals surface area contributed by atoms with E-state index < -0.39 is 0 Å². The number of hydrogen-bond donors (Lipinski definition) is 1. The highest BCUT2D eigenvalue weighted by molar-refractivity contribution is 5.30. The molecule has 1 heteroatoms. The van der Waals surface area contributed by atoms with Crippen LogP contribution in [0.25, 0.3) is 0 Å². The maximum Gasteiger partial charge on any atom is 0.115 e. The molecule has 0 aromatic heterocycles. The van der Waals surface area contributed by atoms with Gasteiger partial charge in [0.05, 0.1) is 0 Å². The van der Waals surface area contributed by atoms with Crippen molar-refractivity contribution in [2.45, 2.75) is 39.5 Å². The quantitative estimate of drug-likeness (QED) is 0.739. The number of rotatable bonds is 6. The van der Waals surface area contributed by atoms with Crippen molar-refractivity contribution in [3.63, 3.8) is 0 Å². The van der Waals surface area contributed by atoms with E-state index in [1.807, 2.05) is 12.1 Å². The molecule has 0 aliphatic rings. The lowest BCUT2D eigenvalue weighted by molar-refractivity contribution is 0.475. The van der Waals surface area contributed by atoms with Gasteiger partial charge >= 0.3 is 0 Å². The van der Waals surface area contributed by atoms with Crippen molar-refractivity contribution >= 4 is 0 Å². The Labute approximate surface area is 93.1 Å². The smallest absolute Gasteiger partial charge is 0.115 e. The van der Waals surface area contributed by atoms with Gasteiger partial charge in [-0.2, -0.15) is 0 Å². The molecule has 0 saturated heterocycles. The van der Waals surface area contributed by atoms with Gasteiger partial charge in [-0.1, -0.05) is 45.2 Å². The minimum absolute atomic E-state index is 0.341. The minimum atomic E-state index is 0.341. The van der Waals surface area contributed by atoms with E-state index in [0.717, 1.165) is 0 Å². The maximum absolute atomic E-state index is 9.18. The predicted molar refractivity (Wildman–Crippen MR) is 64.8 cm³/mol. The molecule has 0 saturated carbocycles. The van der Waals surface area contributed by atoms with Crippen LogP contribution in [-0.2, 0) is 0 Å². The van der Waals surface area contributed by atoms with Crippen LogP contribution in [0, 0.1) is 12.3 Å². The van der Waals surface area contributed by atoms with Gasteiger partial charge in [0.15, 0.2) is 0 Å². The summed E-state index contributed by atoms with van der Waals surface area (Å²) in [7, 11) is 0. The second-order valence-corrected chi connectivity index (χ2v) is 4.07. The Morgan fingerprint density at radius 2 is 1.87 bits per heavy atom. The zero-order valence-corrected chi connectivity index (χ0v) is 9.74. The summed E-state index contributed by atoms with van der Waals surface area (Å²) in [6, 6.07) is 7.45. The Balaban J connectivity index is 2.47. The van der Waals surface area contributed by atoms with Crippen molar-refractivity contribution in [1.29, 1.82) is 0 Å². The van der Waals surface area contributed by atoms with Gasteiger partial charge in [-0.05, 0) is 36.5 Å². The van der Waals surface area contributed by atoms with Crippen LogP contribution in [-0.4, -0.2) is 5.11 Å². The number of phenols is 1. The molecule has 1 atom stereocenters. The fourth-order valence-electron chi connectivity index (χ4n) is 1.73. The minimum Gasteiger partial charge on any atom is -0.508 e. The molecule has 0 aliphatic heterocycles. The Morgan fingerprint density at radius 1 is 1.20 bits per heavy atom. The summed E-state index contributed by atoms with van der Waals surface area (Å²) in [6.07, 6.45) is 7.34. The average Bonchev–Trinajstić information content (AvgIpc) is 2.27. The highest BCUT2D eigenvalue weighted by atomic mass is 16.3. The largest absolute Gasteiger partial charge is 0.508 e. The molecule has 0 spiro atoms. The van der Waals surface area contributed by atoms with E-state index in [1.165, 1.54) is 31.2 Å². The Morgan fingerprint density at radius 3 is 2.40 bits per heavy atom. The second kappa shape index (κ2) is 6.49. The van der Waals surface area contributed by atoms with Gasteiger partial charge in [0.2, 0.25) is 0 Å². The van der Waals surface area contributed by atoms with E-state index in [1.54, 1.807) is 12.1 Å². The number of hydrogen-bond acceptors (Lipinski definition) is 1. The third-order valence-corrected chi connectivity index (χ3v) is 2.77. The Bertz CT molecular complexity index is 263. The lowest BCUT2D eigenvalue weighted by Gasteiger charge is -2.13. The van der Waals surface area contributed by atoms with E-state index in [9.17, 15) is 5.11 Å². The first kappa shape index (κ1) is 12.1. The van der Waals surface area contributed by atoms with Crippen LogP contribution in [0.3, 0.4) is 0 Å². The molecule has 1 aromatic rings. The summed E-state index contributed by atoms with van der Waals surface area (Å²) in [5, 5.41) is 9.18. The number of benzene rings is 1. The van der Waals surface area contributed by atoms with E-state index in [-0.39, 0.29) is 0 Å². The Hall–Kier alpha value is -0.980. The summed E-state index contributed by atoms with van der Waals surface area (Å²) in [4.78, 5) is 0. The maximum atomic E-state index is 9.18. The van der Waals surface area contributed by atoms with Crippen molar-refractivity contribution in [2.75, 3.05) is 0 Å². The molecule has 1 radical (unpaired) electrons. The van der Waals surface area contributed by atoms with Crippen molar-refractivity contribution in [3.8, 4) is 5.75 Å². The van der Waals surface area contributed by atoms with Gasteiger partial charge in [0.1, 0.15) is 5.75 Å². The standard InChI is InChI=1S/C14H21O/c1-3-5-6-12(4-2)11-13-7-9-14(15)10-8-13/h7-12,15H,3-6H2,1-2H3. The number of phenolic OH excluding ortho intramolecular Hbond substituents is 1. The second-order valence-electron chi connectivity index (χ2n) is 4.07. The normalized spacial score (nSPS) is 12.7. The molecular formula is C14H21O. The van der Waals surface area contributed by atoms with Crippen molar-refractivity contribution in [2.24, 2.45) is 5.92 Å².